The smallest absolute Gasteiger partial charge is 0.274 e. The Labute approximate surface area is 143 Å². The van der Waals surface area contributed by atoms with Crippen LogP contribution in [0, 0.1) is 0 Å². The molecule has 0 atom stereocenters. The van der Waals surface area contributed by atoms with Crippen LogP contribution in [0.1, 0.15) is 17.4 Å². The molecule has 23 heavy (non-hydrogen) atoms. The summed E-state index contributed by atoms with van der Waals surface area (Å²) in [7, 11) is 0. The summed E-state index contributed by atoms with van der Waals surface area (Å²) in [5.74, 6) is -0.778. The van der Waals surface area contributed by atoms with Gasteiger partial charge in [-0.05, 0) is 19.1 Å². The monoisotopic (exact) mass is 352 g/mol. The highest BCUT2D eigenvalue weighted by Crippen LogP contribution is 2.29. The number of nitrogens with zero attached hydrogens (tertiary/aromatic N) is 3. The zero-order valence-corrected chi connectivity index (χ0v) is 13.8. The average molecular weight is 353 g/mol. The summed E-state index contributed by atoms with van der Waals surface area (Å²) >= 11 is 12.0. The van der Waals surface area contributed by atoms with E-state index in [0.29, 0.717) is 22.3 Å². The van der Waals surface area contributed by atoms with E-state index in [1.54, 1.807) is 25.1 Å². The van der Waals surface area contributed by atoms with Crippen LogP contribution in [-0.4, -0.2) is 39.8 Å². The molecule has 0 saturated heterocycles. The minimum Gasteiger partial charge on any atom is -0.328 e. The Morgan fingerprint density at radius 2 is 1.91 bits per heavy atom. The molecule has 0 bridgehead atoms. The Kier molecular flexibility index (Phi) is 5.90. The van der Waals surface area contributed by atoms with Gasteiger partial charge in [-0.3, -0.25) is 14.6 Å². The molecule has 2 rings (SSSR count). The third-order valence-corrected chi connectivity index (χ3v) is 3.64. The highest BCUT2D eigenvalue weighted by atomic mass is 35.5. The summed E-state index contributed by atoms with van der Waals surface area (Å²) in [6.07, 6.45) is 4.25. The average Bonchev–Trinajstić information content (AvgIpc) is 2.56. The Morgan fingerprint density at radius 3 is 2.48 bits per heavy atom. The van der Waals surface area contributed by atoms with Gasteiger partial charge in [-0.15, -0.1) is 0 Å². The first-order valence-electron chi connectivity index (χ1n) is 6.82. The molecule has 0 unspecified atom stereocenters. The van der Waals surface area contributed by atoms with Crippen molar-refractivity contribution >= 4 is 40.7 Å². The van der Waals surface area contributed by atoms with Crippen LogP contribution in [-0.2, 0) is 4.79 Å². The molecule has 2 aromatic rings. The van der Waals surface area contributed by atoms with Gasteiger partial charge in [0.15, 0.2) is 0 Å². The molecule has 2 amide bonds. The molecule has 1 aromatic heterocycles. The first-order valence-corrected chi connectivity index (χ1v) is 7.57. The maximum atomic E-state index is 12.3. The number of anilines is 1. The van der Waals surface area contributed by atoms with Crippen LogP contribution in [0.2, 0.25) is 10.0 Å². The summed E-state index contributed by atoms with van der Waals surface area (Å²) in [5.41, 5.74) is 0.502. The molecule has 1 heterocycles. The quantitative estimate of drug-likeness (QED) is 0.897. The van der Waals surface area contributed by atoms with Gasteiger partial charge >= 0.3 is 0 Å². The van der Waals surface area contributed by atoms with Gasteiger partial charge in [0.05, 0.1) is 21.9 Å². The minimum atomic E-state index is -0.404. The second-order valence-electron chi connectivity index (χ2n) is 4.55. The fourth-order valence-corrected chi connectivity index (χ4v) is 2.36. The number of carbonyl (C=O) groups excluding carboxylic acids is 2. The predicted octanol–water partition coefficient (Wildman–Crippen LogP) is 2.88. The number of aromatic nitrogens is 2. The van der Waals surface area contributed by atoms with Crippen LogP contribution in [0.25, 0.3) is 0 Å². The lowest BCUT2D eigenvalue weighted by atomic mass is 10.3. The third-order valence-electron chi connectivity index (χ3n) is 3.01. The largest absolute Gasteiger partial charge is 0.328 e. The van der Waals surface area contributed by atoms with Crippen LogP contribution < -0.4 is 5.32 Å². The molecular formula is C15H14Cl2N4O2. The van der Waals surface area contributed by atoms with Gasteiger partial charge in [-0.25, -0.2) is 4.98 Å². The molecule has 120 valence electrons. The molecule has 0 aliphatic rings. The summed E-state index contributed by atoms with van der Waals surface area (Å²) in [5, 5.41) is 3.27. The van der Waals surface area contributed by atoms with Gasteiger partial charge in [-0.1, -0.05) is 29.3 Å². The van der Waals surface area contributed by atoms with Crippen LogP contribution in [0.4, 0.5) is 5.69 Å². The van der Waals surface area contributed by atoms with E-state index in [-0.39, 0.29) is 18.1 Å². The molecule has 0 aliphatic carbocycles. The lowest BCUT2D eigenvalue weighted by Gasteiger charge is -2.20. The lowest BCUT2D eigenvalue weighted by molar-refractivity contribution is -0.116. The van der Waals surface area contributed by atoms with Crippen molar-refractivity contribution in [2.45, 2.75) is 6.92 Å². The molecule has 8 heteroatoms. The Balaban J connectivity index is 2.07. The second kappa shape index (κ2) is 7.89. The number of amides is 2. The first-order chi connectivity index (χ1) is 11.0. The number of rotatable bonds is 5. The molecule has 0 spiro atoms. The van der Waals surface area contributed by atoms with Crippen molar-refractivity contribution in [3.63, 3.8) is 0 Å². The van der Waals surface area contributed by atoms with E-state index in [2.05, 4.69) is 15.3 Å². The molecule has 0 radical (unpaired) electrons. The topological polar surface area (TPSA) is 75.2 Å². The molecular weight excluding hydrogens is 339 g/mol. The Hall–Kier alpha value is -2.18. The number of para-hydroxylation sites is 1. The third kappa shape index (κ3) is 4.40. The van der Waals surface area contributed by atoms with E-state index < -0.39 is 5.91 Å². The van der Waals surface area contributed by atoms with E-state index in [4.69, 9.17) is 23.2 Å². The number of halogens is 2. The van der Waals surface area contributed by atoms with Crippen molar-refractivity contribution in [2.24, 2.45) is 0 Å². The SMILES string of the molecule is CCN(CC(=O)Nc1c(Cl)cccc1Cl)C(=O)c1cnccn1. The second-order valence-corrected chi connectivity index (χ2v) is 5.37. The number of hydrogen-bond acceptors (Lipinski definition) is 4. The molecule has 0 saturated carbocycles. The van der Waals surface area contributed by atoms with Gasteiger partial charge < -0.3 is 10.2 Å². The van der Waals surface area contributed by atoms with Crippen LogP contribution in [0.3, 0.4) is 0 Å². The number of nitrogens with one attached hydrogen (secondary N) is 1. The first kappa shape index (κ1) is 17.2. The maximum absolute atomic E-state index is 12.3. The number of carbonyl (C=O) groups is 2. The van der Waals surface area contributed by atoms with Crippen molar-refractivity contribution in [2.75, 3.05) is 18.4 Å². The van der Waals surface area contributed by atoms with Crippen LogP contribution >= 0.6 is 23.2 Å². The zero-order valence-electron chi connectivity index (χ0n) is 12.3. The fourth-order valence-electron chi connectivity index (χ4n) is 1.87. The highest BCUT2D eigenvalue weighted by molar-refractivity contribution is 6.39. The fraction of sp³-hybridized carbons (Fsp3) is 0.200. The van der Waals surface area contributed by atoms with Crippen molar-refractivity contribution in [1.82, 2.24) is 14.9 Å². The van der Waals surface area contributed by atoms with E-state index in [1.807, 2.05) is 0 Å². The van der Waals surface area contributed by atoms with Crippen LogP contribution in [0.5, 0.6) is 0 Å². The molecule has 6 nitrogen and oxygen atoms in total. The van der Waals surface area contributed by atoms with E-state index in [0.717, 1.165) is 0 Å². The number of hydrogen-bond donors (Lipinski definition) is 1. The maximum Gasteiger partial charge on any atom is 0.274 e. The van der Waals surface area contributed by atoms with Crippen molar-refractivity contribution in [1.29, 1.82) is 0 Å². The van der Waals surface area contributed by atoms with Gasteiger partial charge in [0.25, 0.3) is 5.91 Å². The van der Waals surface area contributed by atoms with Crippen molar-refractivity contribution < 1.29 is 9.59 Å². The summed E-state index contributed by atoms with van der Waals surface area (Å²) < 4.78 is 0. The lowest BCUT2D eigenvalue weighted by Crippen LogP contribution is -2.38. The summed E-state index contributed by atoms with van der Waals surface area (Å²) in [6.45, 7) is 1.97. The summed E-state index contributed by atoms with van der Waals surface area (Å²) in [4.78, 5) is 33.6. The van der Waals surface area contributed by atoms with Crippen LogP contribution in [0.15, 0.2) is 36.8 Å². The van der Waals surface area contributed by atoms with E-state index in [9.17, 15) is 9.59 Å². The molecule has 1 aromatic carbocycles. The van der Waals surface area contributed by atoms with Gasteiger partial charge in [-0.2, -0.15) is 0 Å². The standard InChI is InChI=1S/C15H14Cl2N4O2/c1-2-21(15(23)12-8-18-6-7-19-12)9-13(22)20-14-10(16)4-3-5-11(14)17/h3-8H,2,9H2,1H3,(H,20,22). The normalized spacial score (nSPS) is 10.2. The molecule has 0 aliphatic heterocycles. The number of benzene rings is 1. The Morgan fingerprint density at radius 1 is 1.22 bits per heavy atom. The zero-order chi connectivity index (χ0) is 16.8. The van der Waals surface area contributed by atoms with Gasteiger partial charge in [0.1, 0.15) is 12.2 Å². The van der Waals surface area contributed by atoms with Crippen molar-refractivity contribution in [3.8, 4) is 0 Å². The van der Waals surface area contributed by atoms with Gasteiger partial charge in [0.2, 0.25) is 5.91 Å². The van der Waals surface area contributed by atoms with Gasteiger partial charge in [0, 0.05) is 18.9 Å². The van der Waals surface area contributed by atoms with E-state index in [1.165, 1.54) is 23.5 Å². The Bertz CT molecular complexity index is 690. The molecule has 1 N–H and O–H groups in total. The number of likely N-dealkylation sites (N-methyl/N-ethyl adjacent to an activating group) is 1. The minimum absolute atomic E-state index is 0.145. The highest BCUT2D eigenvalue weighted by Gasteiger charge is 2.19. The summed E-state index contributed by atoms with van der Waals surface area (Å²) in [6, 6.07) is 4.91. The molecule has 0 fully saturated rings. The predicted molar refractivity (Wildman–Crippen MR) is 88.7 cm³/mol. The van der Waals surface area contributed by atoms with Crippen molar-refractivity contribution in [3.05, 3.63) is 52.5 Å². The van der Waals surface area contributed by atoms with E-state index >= 15 is 0 Å².